The first-order valence-corrected chi connectivity index (χ1v) is 6.51. The predicted molar refractivity (Wildman–Crippen MR) is 68.8 cm³/mol. The van der Waals surface area contributed by atoms with Crippen molar-refractivity contribution in [1.82, 2.24) is 5.32 Å². The molecule has 0 aliphatic carbocycles. The van der Waals surface area contributed by atoms with Gasteiger partial charge in [0.15, 0.2) is 0 Å². The zero-order chi connectivity index (χ0) is 11.5. The fourth-order valence-electron chi connectivity index (χ4n) is 1.93. The fourth-order valence-corrected chi connectivity index (χ4v) is 2.67. The largest absolute Gasteiger partial charge is 0.316 e. The van der Waals surface area contributed by atoms with Gasteiger partial charge in [-0.2, -0.15) is 0 Å². The quantitative estimate of drug-likeness (QED) is 0.930. The first-order valence-electron chi connectivity index (χ1n) is 5.34. The van der Waals surface area contributed by atoms with Gasteiger partial charge in [-0.1, -0.05) is 33.6 Å². The lowest BCUT2D eigenvalue weighted by atomic mass is 9.97. The van der Waals surface area contributed by atoms with E-state index in [1.165, 1.54) is 0 Å². The summed E-state index contributed by atoms with van der Waals surface area (Å²) >= 11 is 9.43. The summed E-state index contributed by atoms with van der Waals surface area (Å²) < 4.78 is 0.941. The molecule has 1 atom stereocenters. The van der Waals surface area contributed by atoms with Gasteiger partial charge in [0.05, 0.1) is 0 Å². The summed E-state index contributed by atoms with van der Waals surface area (Å²) in [7, 11) is 0. The topological polar surface area (TPSA) is 29.1 Å². The van der Waals surface area contributed by atoms with E-state index in [0.29, 0.717) is 11.4 Å². The van der Waals surface area contributed by atoms with E-state index in [2.05, 4.69) is 21.2 Å². The highest BCUT2D eigenvalue weighted by Gasteiger charge is 2.22. The third kappa shape index (κ3) is 2.84. The van der Waals surface area contributed by atoms with Gasteiger partial charge >= 0.3 is 0 Å². The first-order chi connectivity index (χ1) is 7.66. The van der Waals surface area contributed by atoms with Crippen LogP contribution in [0, 0.1) is 5.92 Å². The van der Waals surface area contributed by atoms with Gasteiger partial charge < -0.3 is 5.32 Å². The van der Waals surface area contributed by atoms with Crippen LogP contribution >= 0.6 is 27.5 Å². The monoisotopic (exact) mass is 301 g/mol. The van der Waals surface area contributed by atoms with Crippen molar-refractivity contribution in [2.75, 3.05) is 13.1 Å². The first kappa shape index (κ1) is 12.1. The van der Waals surface area contributed by atoms with Crippen molar-refractivity contribution in [1.29, 1.82) is 0 Å². The second kappa shape index (κ2) is 5.30. The van der Waals surface area contributed by atoms with Crippen molar-refractivity contribution in [2.45, 2.75) is 12.8 Å². The molecule has 1 aromatic carbocycles. The maximum absolute atomic E-state index is 11.9. The van der Waals surface area contributed by atoms with E-state index in [9.17, 15) is 4.79 Å². The highest BCUT2D eigenvalue weighted by molar-refractivity contribution is 9.10. The molecule has 0 bridgehead atoms. The molecule has 1 aliphatic rings. The number of benzene rings is 1. The van der Waals surface area contributed by atoms with Gasteiger partial charge in [0.25, 0.3) is 0 Å². The molecular weight excluding hydrogens is 289 g/mol. The van der Waals surface area contributed by atoms with Gasteiger partial charge in [-0.25, -0.2) is 0 Å². The molecular formula is C12H13BrClNO. The van der Waals surface area contributed by atoms with E-state index in [1.54, 1.807) is 0 Å². The van der Waals surface area contributed by atoms with Gasteiger partial charge in [-0.15, -0.1) is 0 Å². The number of carbonyl (C=O) groups excluding carboxylic acids is 1. The van der Waals surface area contributed by atoms with Crippen LogP contribution in [0.2, 0.25) is 5.02 Å². The molecule has 1 heterocycles. The summed E-state index contributed by atoms with van der Waals surface area (Å²) in [5.74, 6) is 0.453. The molecule has 2 rings (SSSR count). The third-order valence-corrected chi connectivity index (χ3v) is 3.74. The molecule has 1 unspecified atom stereocenters. The number of rotatable bonds is 3. The molecule has 2 nitrogen and oxygen atoms in total. The molecule has 4 heteroatoms. The Bertz CT molecular complexity index is 402. The lowest BCUT2D eigenvalue weighted by Crippen LogP contribution is -2.19. The Hall–Kier alpha value is -0.380. The molecule has 16 heavy (non-hydrogen) atoms. The molecule has 1 N–H and O–H groups in total. The van der Waals surface area contributed by atoms with Gasteiger partial charge in [-0.05, 0) is 30.7 Å². The minimum absolute atomic E-state index is 0.166. The van der Waals surface area contributed by atoms with Gasteiger partial charge in [0.1, 0.15) is 5.78 Å². The Morgan fingerprint density at radius 3 is 3.00 bits per heavy atom. The molecule has 86 valence electrons. The Balaban J connectivity index is 2.05. The zero-order valence-corrected chi connectivity index (χ0v) is 11.1. The van der Waals surface area contributed by atoms with E-state index in [-0.39, 0.29) is 11.7 Å². The van der Waals surface area contributed by atoms with E-state index in [0.717, 1.165) is 29.5 Å². The minimum Gasteiger partial charge on any atom is -0.316 e. The van der Waals surface area contributed by atoms with Crippen LogP contribution in [0.25, 0.3) is 0 Å². The van der Waals surface area contributed by atoms with Crippen LogP contribution in [0.1, 0.15) is 12.0 Å². The molecule has 0 radical (unpaired) electrons. The van der Waals surface area contributed by atoms with Crippen molar-refractivity contribution < 1.29 is 4.79 Å². The van der Waals surface area contributed by atoms with E-state index >= 15 is 0 Å². The predicted octanol–water partition coefficient (Wildman–Crippen LogP) is 2.82. The van der Waals surface area contributed by atoms with Crippen LogP contribution in [0.15, 0.2) is 22.7 Å². The maximum atomic E-state index is 11.9. The number of nitrogens with one attached hydrogen (secondary N) is 1. The number of ketones is 1. The number of Topliss-reactive ketones (excluding diaryl/α,β-unsaturated/α-hetero) is 1. The Kier molecular flexibility index (Phi) is 4.00. The Morgan fingerprint density at radius 1 is 1.56 bits per heavy atom. The second-order valence-corrected chi connectivity index (χ2v) is 5.39. The van der Waals surface area contributed by atoms with Crippen LogP contribution in [-0.4, -0.2) is 18.9 Å². The molecule has 1 aromatic rings. The van der Waals surface area contributed by atoms with Gasteiger partial charge in [0.2, 0.25) is 0 Å². The average Bonchev–Trinajstić information content (AvgIpc) is 2.75. The number of hydrogen-bond acceptors (Lipinski definition) is 2. The maximum Gasteiger partial charge on any atom is 0.141 e. The van der Waals surface area contributed by atoms with Crippen LogP contribution in [-0.2, 0) is 11.2 Å². The van der Waals surface area contributed by atoms with Gasteiger partial charge in [-0.3, -0.25) is 4.79 Å². The number of carbonyl (C=O) groups is 1. The van der Waals surface area contributed by atoms with E-state index in [1.807, 2.05) is 18.2 Å². The fraction of sp³-hybridized carbons (Fsp3) is 0.417. The smallest absolute Gasteiger partial charge is 0.141 e. The summed E-state index contributed by atoms with van der Waals surface area (Å²) in [5.41, 5.74) is 0.918. The van der Waals surface area contributed by atoms with Gasteiger partial charge in [0, 0.05) is 28.4 Å². The third-order valence-electron chi connectivity index (χ3n) is 2.90. The molecule has 0 saturated carbocycles. The summed E-state index contributed by atoms with van der Waals surface area (Å²) in [6, 6.07) is 5.66. The SMILES string of the molecule is O=C(Cc1ccc(Br)cc1Cl)C1CCNC1. The standard InChI is InChI=1S/C12H13BrClNO/c13-10-2-1-8(11(14)6-10)5-12(16)9-3-4-15-7-9/h1-2,6,9,15H,3-5,7H2. The van der Waals surface area contributed by atoms with E-state index < -0.39 is 0 Å². The van der Waals surface area contributed by atoms with Crippen LogP contribution < -0.4 is 5.32 Å². The molecule has 0 amide bonds. The molecule has 0 aromatic heterocycles. The van der Waals surface area contributed by atoms with Crippen LogP contribution in [0.4, 0.5) is 0 Å². The minimum atomic E-state index is 0.166. The van der Waals surface area contributed by atoms with Crippen molar-refractivity contribution in [3.8, 4) is 0 Å². The Morgan fingerprint density at radius 2 is 2.38 bits per heavy atom. The normalized spacial score (nSPS) is 20.0. The number of hydrogen-bond donors (Lipinski definition) is 1. The summed E-state index contributed by atoms with van der Waals surface area (Å²) in [6.45, 7) is 1.76. The van der Waals surface area contributed by atoms with Crippen molar-refractivity contribution >= 4 is 33.3 Å². The lowest BCUT2D eigenvalue weighted by Gasteiger charge is -2.08. The lowest BCUT2D eigenvalue weighted by molar-refractivity contribution is -0.121. The zero-order valence-electron chi connectivity index (χ0n) is 8.80. The molecule has 1 fully saturated rings. The van der Waals surface area contributed by atoms with Crippen molar-refractivity contribution in [2.24, 2.45) is 5.92 Å². The molecule has 1 aliphatic heterocycles. The summed E-state index contributed by atoms with van der Waals surface area (Å²) in [5, 5.41) is 3.86. The summed E-state index contributed by atoms with van der Waals surface area (Å²) in [6.07, 6.45) is 1.39. The molecule has 1 saturated heterocycles. The van der Waals surface area contributed by atoms with Crippen molar-refractivity contribution in [3.05, 3.63) is 33.3 Å². The highest BCUT2D eigenvalue weighted by atomic mass is 79.9. The summed E-state index contributed by atoms with van der Waals surface area (Å²) in [4.78, 5) is 11.9. The Labute approximate surface area is 108 Å². The van der Waals surface area contributed by atoms with Crippen molar-refractivity contribution in [3.63, 3.8) is 0 Å². The number of halogens is 2. The highest BCUT2D eigenvalue weighted by Crippen LogP contribution is 2.23. The molecule has 0 spiro atoms. The van der Waals surface area contributed by atoms with Crippen LogP contribution in [0.5, 0.6) is 0 Å². The van der Waals surface area contributed by atoms with Crippen LogP contribution in [0.3, 0.4) is 0 Å². The second-order valence-electron chi connectivity index (χ2n) is 4.07. The van der Waals surface area contributed by atoms with E-state index in [4.69, 9.17) is 11.6 Å². The average molecular weight is 303 g/mol.